The molecule has 0 saturated carbocycles. The molecule has 2 rings (SSSR count). The molecule has 2 N–H and O–H groups in total. The molecule has 6 nitrogen and oxygen atoms in total. The van der Waals surface area contributed by atoms with Crippen molar-refractivity contribution < 1.29 is 4.92 Å². The van der Waals surface area contributed by atoms with Gasteiger partial charge in [-0.1, -0.05) is 0 Å². The average Bonchev–Trinajstić information content (AvgIpc) is 2.40. The molecule has 18 heavy (non-hydrogen) atoms. The molecule has 1 aromatic heterocycles. The van der Waals surface area contributed by atoms with Crippen molar-refractivity contribution in [2.45, 2.75) is 25.8 Å². The maximum atomic E-state index is 10.5. The minimum absolute atomic E-state index is 0.118. The lowest BCUT2D eigenvalue weighted by Gasteiger charge is -2.29. The van der Waals surface area contributed by atoms with E-state index in [1.165, 1.54) is 25.1 Å². The highest BCUT2D eigenvalue weighted by Gasteiger charge is 2.20. The molecule has 0 amide bonds. The SMILES string of the molecule is CC(Nc1ccc([N+](=O)[O-])nc1)C1CCCNC1. The fourth-order valence-corrected chi connectivity index (χ4v) is 2.27. The molecule has 2 unspecified atom stereocenters. The number of aromatic nitrogens is 1. The van der Waals surface area contributed by atoms with Crippen LogP contribution >= 0.6 is 0 Å². The van der Waals surface area contributed by atoms with E-state index in [1.807, 2.05) is 0 Å². The van der Waals surface area contributed by atoms with Crippen LogP contribution in [0.3, 0.4) is 0 Å². The molecular weight excluding hydrogens is 232 g/mol. The normalized spacial score (nSPS) is 21.3. The monoisotopic (exact) mass is 250 g/mol. The molecule has 2 atom stereocenters. The van der Waals surface area contributed by atoms with E-state index in [-0.39, 0.29) is 5.82 Å². The fourth-order valence-electron chi connectivity index (χ4n) is 2.27. The Kier molecular flexibility index (Phi) is 4.09. The maximum Gasteiger partial charge on any atom is 0.363 e. The van der Waals surface area contributed by atoms with E-state index in [0.717, 1.165) is 18.8 Å². The standard InChI is InChI=1S/C12H18N4O2/c1-9(10-3-2-6-13-7-10)15-11-4-5-12(14-8-11)16(17)18/h4-5,8-10,13,15H,2-3,6-7H2,1H3. The second kappa shape index (κ2) is 5.77. The van der Waals surface area contributed by atoms with E-state index in [0.29, 0.717) is 12.0 Å². The van der Waals surface area contributed by atoms with Gasteiger partial charge in [-0.3, -0.25) is 0 Å². The number of nitrogens with zero attached hydrogens (tertiary/aromatic N) is 2. The van der Waals surface area contributed by atoms with Gasteiger partial charge in [0.2, 0.25) is 0 Å². The molecule has 98 valence electrons. The van der Waals surface area contributed by atoms with Gasteiger partial charge in [0.25, 0.3) is 0 Å². The van der Waals surface area contributed by atoms with E-state index in [4.69, 9.17) is 0 Å². The van der Waals surface area contributed by atoms with Crippen molar-refractivity contribution in [1.29, 1.82) is 0 Å². The van der Waals surface area contributed by atoms with Crippen LogP contribution in [0.15, 0.2) is 18.3 Å². The van der Waals surface area contributed by atoms with E-state index in [2.05, 4.69) is 22.5 Å². The van der Waals surface area contributed by atoms with Gasteiger partial charge in [0.05, 0.1) is 5.69 Å². The Morgan fingerprint density at radius 3 is 3.00 bits per heavy atom. The lowest BCUT2D eigenvalue weighted by molar-refractivity contribution is -0.389. The Labute approximate surface area is 106 Å². The summed E-state index contributed by atoms with van der Waals surface area (Å²) in [5.74, 6) is 0.474. The third-order valence-electron chi connectivity index (χ3n) is 3.37. The quantitative estimate of drug-likeness (QED) is 0.629. The van der Waals surface area contributed by atoms with Crippen LogP contribution in [0.25, 0.3) is 0 Å². The Bertz CT molecular complexity index is 401. The number of hydrogen-bond acceptors (Lipinski definition) is 5. The van der Waals surface area contributed by atoms with E-state index in [1.54, 1.807) is 6.07 Å². The van der Waals surface area contributed by atoms with Crippen LogP contribution in [0.1, 0.15) is 19.8 Å². The van der Waals surface area contributed by atoms with Gasteiger partial charge in [0.15, 0.2) is 6.20 Å². The van der Waals surface area contributed by atoms with Crippen LogP contribution in [-0.4, -0.2) is 29.0 Å². The Morgan fingerprint density at radius 2 is 2.44 bits per heavy atom. The number of piperidine rings is 1. The summed E-state index contributed by atoms with van der Waals surface area (Å²) < 4.78 is 0. The number of anilines is 1. The minimum Gasteiger partial charge on any atom is -0.379 e. The van der Waals surface area contributed by atoms with Gasteiger partial charge < -0.3 is 20.7 Å². The van der Waals surface area contributed by atoms with Crippen molar-refractivity contribution in [2.75, 3.05) is 18.4 Å². The second-order valence-electron chi connectivity index (χ2n) is 4.70. The lowest BCUT2D eigenvalue weighted by atomic mass is 9.93. The summed E-state index contributed by atoms with van der Waals surface area (Å²) in [6, 6.07) is 3.47. The minimum atomic E-state index is -0.488. The summed E-state index contributed by atoms with van der Waals surface area (Å²) >= 11 is 0. The molecule has 0 aliphatic carbocycles. The molecule has 2 heterocycles. The van der Waals surface area contributed by atoms with Crippen molar-refractivity contribution >= 4 is 11.5 Å². The zero-order valence-corrected chi connectivity index (χ0v) is 10.4. The van der Waals surface area contributed by atoms with Gasteiger partial charge in [0, 0.05) is 12.1 Å². The van der Waals surface area contributed by atoms with Crippen LogP contribution in [0, 0.1) is 16.0 Å². The molecule has 0 aromatic carbocycles. The number of nitrogens with one attached hydrogen (secondary N) is 2. The van der Waals surface area contributed by atoms with Crippen molar-refractivity contribution in [3.05, 3.63) is 28.4 Å². The van der Waals surface area contributed by atoms with Crippen LogP contribution in [0.4, 0.5) is 11.5 Å². The highest BCUT2D eigenvalue weighted by atomic mass is 16.6. The van der Waals surface area contributed by atoms with Gasteiger partial charge in [0.1, 0.15) is 0 Å². The topological polar surface area (TPSA) is 80.1 Å². The smallest absolute Gasteiger partial charge is 0.363 e. The molecule has 1 aliphatic rings. The van der Waals surface area contributed by atoms with E-state index in [9.17, 15) is 10.1 Å². The van der Waals surface area contributed by atoms with E-state index >= 15 is 0 Å². The second-order valence-corrected chi connectivity index (χ2v) is 4.70. The molecule has 1 aliphatic heterocycles. The molecule has 1 fully saturated rings. The molecule has 1 saturated heterocycles. The van der Waals surface area contributed by atoms with Crippen molar-refractivity contribution in [2.24, 2.45) is 5.92 Å². The third kappa shape index (κ3) is 3.16. The summed E-state index contributed by atoms with van der Waals surface area (Å²) in [4.78, 5) is 13.8. The van der Waals surface area contributed by atoms with Gasteiger partial charge in [-0.05, 0) is 54.7 Å². The first-order chi connectivity index (χ1) is 8.66. The highest BCUT2D eigenvalue weighted by molar-refractivity contribution is 5.44. The predicted molar refractivity (Wildman–Crippen MR) is 69.6 cm³/mol. The Balaban J connectivity index is 1.93. The highest BCUT2D eigenvalue weighted by Crippen LogP contribution is 2.19. The molecule has 0 spiro atoms. The molecule has 0 bridgehead atoms. The molecule has 6 heteroatoms. The maximum absolute atomic E-state index is 10.5. The number of pyridine rings is 1. The van der Waals surface area contributed by atoms with Crippen molar-refractivity contribution in [1.82, 2.24) is 10.3 Å². The lowest BCUT2D eigenvalue weighted by Crippen LogP contribution is -2.38. The summed E-state index contributed by atoms with van der Waals surface area (Å²) in [6.07, 6.45) is 3.93. The van der Waals surface area contributed by atoms with Crippen molar-refractivity contribution in [3.8, 4) is 0 Å². The predicted octanol–water partition coefficient (Wildman–Crippen LogP) is 1.79. The first-order valence-electron chi connectivity index (χ1n) is 6.24. The zero-order valence-electron chi connectivity index (χ0n) is 10.4. The van der Waals surface area contributed by atoms with Gasteiger partial charge in [-0.25, -0.2) is 0 Å². The summed E-state index contributed by atoms with van der Waals surface area (Å²) in [5, 5.41) is 17.2. The summed E-state index contributed by atoms with van der Waals surface area (Å²) in [5.41, 5.74) is 0.832. The number of hydrogen-bond donors (Lipinski definition) is 2. The summed E-state index contributed by atoms with van der Waals surface area (Å²) in [7, 11) is 0. The van der Waals surface area contributed by atoms with E-state index < -0.39 is 4.92 Å². The van der Waals surface area contributed by atoms with Gasteiger partial charge >= 0.3 is 5.82 Å². The Morgan fingerprint density at radius 1 is 1.61 bits per heavy atom. The van der Waals surface area contributed by atoms with Crippen LogP contribution < -0.4 is 10.6 Å². The third-order valence-corrected chi connectivity index (χ3v) is 3.37. The summed E-state index contributed by atoms with van der Waals surface area (Å²) in [6.45, 7) is 4.26. The van der Waals surface area contributed by atoms with Crippen LogP contribution in [0.2, 0.25) is 0 Å². The largest absolute Gasteiger partial charge is 0.379 e. The average molecular weight is 250 g/mol. The molecular formula is C12H18N4O2. The van der Waals surface area contributed by atoms with Gasteiger partial charge in [-0.15, -0.1) is 0 Å². The number of rotatable bonds is 4. The zero-order chi connectivity index (χ0) is 13.0. The van der Waals surface area contributed by atoms with Crippen LogP contribution in [-0.2, 0) is 0 Å². The Hall–Kier alpha value is -1.69. The molecule has 0 radical (unpaired) electrons. The van der Waals surface area contributed by atoms with Crippen molar-refractivity contribution in [3.63, 3.8) is 0 Å². The fraction of sp³-hybridized carbons (Fsp3) is 0.583. The van der Waals surface area contributed by atoms with Crippen LogP contribution in [0.5, 0.6) is 0 Å². The van der Waals surface area contributed by atoms with Gasteiger partial charge in [-0.2, -0.15) is 0 Å². The number of nitro groups is 1. The molecule has 1 aromatic rings. The first-order valence-corrected chi connectivity index (χ1v) is 6.24. The first kappa shape index (κ1) is 12.8.